The molecule has 0 saturated heterocycles. The zero-order valence-corrected chi connectivity index (χ0v) is 18.2. The molecule has 4 aromatic rings. The molecule has 174 valence electrons. The number of aromatic nitrogens is 2. The minimum absolute atomic E-state index is 0.0592. The predicted octanol–water partition coefficient (Wildman–Crippen LogP) is 4.63. The summed E-state index contributed by atoms with van der Waals surface area (Å²) in [6.45, 7) is 0.0592. The third kappa shape index (κ3) is 3.99. The van der Waals surface area contributed by atoms with E-state index in [-0.39, 0.29) is 29.5 Å². The molecule has 1 amide bonds. The number of carboxylic acid groups (broad SMARTS) is 2. The van der Waals surface area contributed by atoms with E-state index in [1.807, 2.05) is 48.5 Å². The van der Waals surface area contributed by atoms with Crippen molar-refractivity contribution >= 4 is 23.8 Å². The maximum absolute atomic E-state index is 12.7. The second-order valence-electron chi connectivity index (χ2n) is 7.93. The van der Waals surface area contributed by atoms with Crippen molar-refractivity contribution < 1.29 is 29.3 Å². The average molecular weight is 469 g/mol. The lowest BCUT2D eigenvalue weighted by Crippen LogP contribution is -2.21. The number of hydrogen-bond donors (Lipinski definition) is 3. The molecule has 1 aliphatic carbocycles. The first-order chi connectivity index (χ1) is 16.9. The molecule has 1 aliphatic rings. The SMILES string of the molecule is O=C(Nc1c(C(=O)O)cnn1-c1ccc(C(=O)O)cc1)OCC1c2ccccc2-c2ccccc21. The van der Waals surface area contributed by atoms with E-state index in [9.17, 15) is 19.5 Å². The maximum Gasteiger partial charge on any atom is 0.412 e. The number of carbonyl (C=O) groups is 3. The van der Waals surface area contributed by atoms with Gasteiger partial charge in [-0.25, -0.2) is 19.1 Å². The number of anilines is 1. The number of aromatic carboxylic acids is 2. The van der Waals surface area contributed by atoms with Gasteiger partial charge in [-0.2, -0.15) is 5.10 Å². The number of benzene rings is 3. The van der Waals surface area contributed by atoms with Gasteiger partial charge in [-0.1, -0.05) is 48.5 Å². The Morgan fingerprint density at radius 1 is 0.857 bits per heavy atom. The van der Waals surface area contributed by atoms with Crippen molar-refractivity contribution in [2.24, 2.45) is 0 Å². The van der Waals surface area contributed by atoms with E-state index in [2.05, 4.69) is 10.4 Å². The third-order valence-electron chi connectivity index (χ3n) is 5.92. The summed E-state index contributed by atoms with van der Waals surface area (Å²) in [4.78, 5) is 35.6. The van der Waals surface area contributed by atoms with Gasteiger partial charge >= 0.3 is 18.0 Å². The molecule has 5 rings (SSSR count). The van der Waals surface area contributed by atoms with Crippen molar-refractivity contribution in [1.82, 2.24) is 9.78 Å². The summed E-state index contributed by atoms with van der Waals surface area (Å²) in [7, 11) is 0. The fourth-order valence-electron chi connectivity index (χ4n) is 4.30. The van der Waals surface area contributed by atoms with Crippen LogP contribution >= 0.6 is 0 Å². The molecular weight excluding hydrogens is 450 g/mol. The minimum atomic E-state index is -1.28. The van der Waals surface area contributed by atoms with Crippen molar-refractivity contribution in [3.05, 3.63) is 101 Å². The largest absolute Gasteiger partial charge is 0.478 e. The lowest BCUT2D eigenvalue weighted by molar-refractivity contribution is 0.0686. The molecule has 0 spiro atoms. The Bertz CT molecular complexity index is 1410. The van der Waals surface area contributed by atoms with Crippen molar-refractivity contribution in [2.45, 2.75) is 5.92 Å². The van der Waals surface area contributed by atoms with E-state index in [0.29, 0.717) is 5.69 Å². The van der Waals surface area contributed by atoms with Crippen molar-refractivity contribution in [2.75, 3.05) is 11.9 Å². The molecule has 1 aromatic heterocycles. The fourth-order valence-corrected chi connectivity index (χ4v) is 4.30. The Morgan fingerprint density at radius 2 is 1.46 bits per heavy atom. The number of nitrogens with one attached hydrogen (secondary N) is 1. The Morgan fingerprint density at radius 3 is 2.03 bits per heavy atom. The molecule has 35 heavy (non-hydrogen) atoms. The number of carbonyl (C=O) groups excluding carboxylic acids is 1. The molecule has 0 saturated carbocycles. The second kappa shape index (κ2) is 8.79. The Balaban J connectivity index is 1.37. The van der Waals surface area contributed by atoms with Gasteiger partial charge in [-0.15, -0.1) is 0 Å². The van der Waals surface area contributed by atoms with Crippen LogP contribution in [0.2, 0.25) is 0 Å². The van der Waals surface area contributed by atoms with Gasteiger partial charge in [0.15, 0.2) is 5.82 Å². The highest BCUT2D eigenvalue weighted by molar-refractivity contribution is 5.98. The minimum Gasteiger partial charge on any atom is -0.478 e. The summed E-state index contributed by atoms with van der Waals surface area (Å²) >= 11 is 0. The summed E-state index contributed by atoms with van der Waals surface area (Å²) in [5.74, 6) is -2.63. The topological polar surface area (TPSA) is 131 Å². The zero-order chi connectivity index (χ0) is 24.5. The van der Waals surface area contributed by atoms with E-state index in [1.54, 1.807) is 0 Å². The van der Waals surface area contributed by atoms with Crippen LogP contribution < -0.4 is 5.32 Å². The standard InChI is InChI=1S/C26H19N3O6/c30-24(31)15-9-11-16(12-10-15)29-23(21(13-27-29)25(32)33)28-26(34)35-14-22-19-7-3-1-5-17(19)18-6-2-4-8-20(18)22/h1-13,22H,14H2,(H,28,34)(H,30,31)(H,32,33). The van der Waals surface area contributed by atoms with E-state index in [1.165, 1.54) is 28.9 Å². The summed E-state index contributed by atoms with van der Waals surface area (Å²) < 4.78 is 6.73. The molecule has 0 atom stereocenters. The molecule has 9 heteroatoms. The Labute approximate surface area is 199 Å². The van der Waals surface area contributed by atoms with Crippen molar-refractivity contribution in [3.8, 4) is 16.8 Å². The number of fused-ring (bicyclic) bond motifs is 3. The number of amides is 1. The number of rotatable bonds is 6. The van der Waals surface area contributed by atoms with Crippen LogP contribution in [0.15, 0.2) is 79.0 Å². The molecule has 1 heterocycles. The highest BCUT2D eigenvalue weighted by Crippen LogP contribution is 2.44. The highest BCUT2D eigenvalue weighted by atomic mass is 16.5. The molecule has 3 N–H and O–H groups in total. The van der Waals surface area contributed by atoms with Gasteiger partial charge < -0.3 is 14.9 Å². The number of nitrogens with zero attached hydrogens (tertiary/aromatic N) is 2. The lowest BCUT2D eigenvalue weighted by Gasteiger charge is -2.15. The molecular formula is C26H19N3O6. The van der Waals surface area contributed by atoms with E-state index >= 15 is 0 Å². The average Bonchev–Trinajstić information content (AvgIpc) is 3.42. The van der Waals surface area contributed by atoms with Crippen molar-refractivity contribution in [1.29, 1.82) is 0 Å². The van der Waals surface area contributed by atoms with E-state index < -0.39 is 18.0 Å². The third-order valence-corrected chi connectivity index (χ3v) is 5.92. The summed E-state index contributed by atoms with van der Waals surface area (Å²) in [6, 6.07) is 21.5. The van der Waals surface area contributed by atoms with Gasteiger partial charge in [0.1, 0.15) is 12.2 Å². The molecule has 3 aromatic carbocycles. The predicted molar refractivity (Wildman–Crippen MR) is 126 cm³/mol. The maximum atomic E-state index is 12.7. The molecule has 0 bridgehead atoms. The molecule has 9 nitrogen and oxygen atoms in total. The van der Waals surface area contributed by atoms with Crippen LogP contribution in [0.4, 0.5) is 10.6 Å². The van der Waals surface area contributed by atoms with Crippen LogP contribution in [-0.2, 0) is 4.74 Å². The summed E-state index contributed by atoms with van der Waals surface area (Å²) in [5, 5.41) is 25.2. The van der Waals surface area contributed by atoms with Gasteiger partial charge in [0.25, 0.3) is 0 Å². The molecule has 0 radical (unpaired) electrons. The first kappa shape index (κ1) is 21.9. The van der Waals surface area contributed by atoms with Crippen molar-refractivity contribution in [3.63, 3.8) is 0 Å². The van der Waals surface area contributed by atoms with Crippen LogP contribution in [0.5, 0.6) is 0 Å². The van der Waals surface area contributed by atoms with E-state index in [0.717, 1.165) is 28.5 Å². The molecule has 0 unspecified atom stereocenters. The van der Waals surface area contributed by atoms with Crippen LogP contribution in [0.3, 0.4) is 0 Å². The van der Waals surface area contributed by atoms with Crippen LogP contribution in [0.1, 0.15) is 37.8 Å². The number of ether oxygens (including phenoxy) is 1. The Hall–Kier alpha value is -4.92. The van der Waals surface area contributed by atoms with E-state index in [4.69, 9.17) is 9.84 Å². The van der Waals surface area contributed by atoms with Gasteiger partial charge in [0.05, 0.1) is 17.4 Å². The monoisotopic (exact) mass is 469 g/mol. The second-order valence-corrected chi connectivity index (χ2v) is 7.93. The van der Waals surface area contributed by atoms with Crippen LogP contribution in [-0.4, -0.2) is 44.6 Å². The lowest BCUT2D eigenvalue weighted by atomic mass is 9.98. The normalized spacial score (nSPS) is 12.0. The highest BCUT2D eigenvalue weighted by Gasteiger charge is 2.29. The van der Waals surface area contributed by atoms with Crippen LogP contribution in [0, 0.1) is 0 Å². The fraction of sp³-hybridized carbons (Fsp3) is 0.0769. The summed E-state index contributed by atoms with van der Waals surface area (Å²) in [5.41, 5.74) is 4.48. The zero-order valence-electron chi connectivity index (χ0n) is 18.2. The molecule has 0 fully saturated rings. The smallest absolute Gasteiger partial charge is 0.412 e. The quantitative estimate of drug-likeness (QED) is 0.375. The Kier molecular flexibility index (Phi) is 5.50. The van der Waals surface area contributed by atoms with Gasteiger partial charge in [0.2, 0.25) is 0 Å². The first-order valence-corrected chi connectivity index (χ1v) is 10.7. The summed E-state index contributed by atoms with van der Waals surface area (Å²) in [6.07, 6.45) is 0.269. The van der Waals surface area contributed by atoms with Gasteiger partial charge in [0, 0.05) is 5.92 Å². The van der Waals surface area contributed by atoms with Gasteiger partial charge in [-0.3, -0.25) is 5.32 Å². The number of hydrogen-bond acceptors (Lipinski definition) is 5. The number of carboxylic acids is 2. The molecule has 0 aliphatic heterocycles. The van der Waals surface area contributed by atoms with Gasteiger partial charge in [-0.05, 0) is 46.5 Å². The first-order valence-electron chi connectivity index (χ1n) is 10.7. The van der Waals surface area contributed by atoms with Crippen LogP contribution in [0.25, 0.3) is 16.8 Å².